The number of amides is 1. The minimum atomic E-state index is -0.154. The Morgan fingerprint density at radius 3 is 2.94 bits per heavy atom. The van der Waals surface area contributed by atoms with Crippen LogP contribution < -0.4 is 10.6 Å². The van der Waals surface area contributed by atoms with E-state index in [9.17, 15) is 4.79 Å². The molecule has 4 nitrogen and oxygen atoms in total. The fraction of sp³-hybridized carbons (Fsp3) is 0.364. The van der Waals surface area contributed by atoms with Crippen molar-refractivity contribution in [1.29, 1.82) is 0 Å². The zero-order chi connectivity index (χ0) is 12.0. The van der Waals surface area contributed by atoms with Crippen molar-refractivity contribution in [2.24, 2.45) is 0 Å². The van der Waals surface area contributed by atoms with Crippen molar-refractivity contribution in [1.82, 2.24) is 5.32 Å². The van der Waals surface area contributed by atoms with Gasteiger partial charge >= 0.3 is 0 Å². The maximum absolute atomic E-state index is 11.5. The first-order valence-electron chi connectivity index (χ1n) is 5.01. The van der Waals surface area contributed by atoms with Crippen LogP contribution in [0.25, 0.3) is 0 Å². The zero-order valence-electron chi connectivity index (χ0n) is 9.09. The highest BCUT2D eigenvalue weighted by Gasteiger charge is 2.05. The zero-order valence-corrected chi connectivity index (χ0v) is 9.84. The van der Waals surface area contributed by atoms with Crippen LogP contribution in [0.2, 0.25) is 5.02 Å². The van der Waals surface area contributed by atoms with Gasteiger partial charge in [-0.15, -0.1) is 0 Å². The summed E-state index contributed by atoms with van der Waals surface area (Å²) in [5.74, 6) is -0.154. The summed E-state index contributed by atoms with van der Waals surface area (Å²) in [7, 11) is 0. The molecule has 0 aromatic heterocycles. The number of aliphatic hydroxyl groups is 1. The minimum absolute atomic E-state index is 0.0173. The third-order valence-electron chi connectivity index (χ3n) is 2.12. The van der Waals surface area contributed by atoms with Crippen molar-refractivity contribution < 1.29 is 9.90 Å². The van der Waals surface area contributed by atoms with Crippen molar-refractivity contribution in [3.05, 3.63) is 28.8 Å². The highest BCUT2D eigenvalue weighted by molar-refractivity contribution is 6.31. The summed E-state index contributed by atoms with van der Waals surface area (Å²) in [5.41, 5.74) is 1.56. The van der Waals surface area contributed by atoms with Gasteiger partial charge in [0.1, 0.15) is 0 Å². The lowest BCUT2D eigenvalue weighted by Crippen LogP contribution is -2.30. The minimum Gasteiger partial charge on any atom is -0.395 e. The molecule has 3 N–H and O–H groups in total. The van der Waals surface area contributed by atoms with E-state index in [0.717, 1.165) is 5.56 Å². The second-order valence-electron chi connectivity index (χ2n) is 3.36. The van der Waals surface area contributed by atoms with Crippen molar-refractivity contribution >= 4 is 23.2 Å². The lowest BCUT2D eigenvalue weighted by atomic mass is 10.2. The van der Waals surface area contributed by atoms with Crippen LogP contribution in [0, 0.1) is 6.92 Å². The number of nitrogens with one attached hydrogen (secondary N) is 2. The Bertz CT molecular complexity index is 369. The molecule has 0 bridgehead atoms. The molecule has 0 aliphatic carbocycles. The number of carbonyl (C=O) groups is 1. The van der Waals surface area contributed by atoms with Crippen LogP contribution in [0.4, 0.5) is 5.69 Å². The number of aliphatic hydroxyl groups excluding tert-OH is 1. The normalized spacial score (nSPS) is 10.2. The molecule has 0 aliphatic rings. The van der Waals surface area contributed by atoms with E-state index in [4.69, 9.17) is 16.7 Å². The third kappa shape index (κ3) is 3.81. The largest absolute Gasteiger partial charge is 0.395 e. The predicted octanol–water partition coefficient (Wildman–Crippen LogP) is 1.17. The number of hydrogen-bond acceptors (Lipinski definition) is 3. The number of carbonyl (C=O) groups excluding carboxylic acids is 1. The SMILES string of the molecule is Cc1c(Cl)cccc1NC(=O)CNCCO. The fourth-order valence-electron chi connectivity index (χ4n) is 1.22. The number of halogens is 1. The van der Waals surface area contributed by atoms with Crippen LogP contribution in [-0.4, -0.2) is 30.7 Å². The van der Waals surface area contributed by atoms with Gasteiger partial charge in [-0.25, -0.2) is 0 Å². The number of anilines is 1. The Morgan fingerprint density at radius 2 is 2.25 bits per heavy atom. The van der Waals surface area contributed by atoms with Crippen molar-refractivity contribution in [3.63, 3.8) is 0 Å². The quantitative estimate of drug-likeness (QED) is 0.680. The maximum Gasteiger partial charge on any atom is 0.238 e. The fourth-order valence-corrected chi connectivity index (χ4v) is 1.39. The van der Waals surface area contributed by atoms with Gasteiger partial charge in [-0.2, -0.15) is 0 Å². The van der Waals surface area contributed by atoms with Crippen molar-refractivity contribution in [3.8, 4) is 0 Å². The summed E-state index contributed by atoms with van der Waals surface area (Å²) in [6, 6.07) is 5.35. The molecule has 0 unspecified atom stereocenters. The lowest BCUT2D eigenvalue weighted by molar-refractivity contribution is -0.115. The molecule has 1 aromatic rings. The van der Waals surface area contributed by atoms with E-state index in [1.54, 1.807) is 18.2 Å². The second-order valence-corrected chi connectivity index (χ2v) is 3.77. The van der Waals surface area contributed by atoms with Gasteiger partial charge in [0.2, 0.25) is 5.91 Å². The summed E-state index contributed by atoms with van der Waals surface area (Å²) < 4.78 is 0. The van der Waals surface area contributed by atoms with E-state index in [1.165, 1.54) is 0 Å². The summed E-state index contributed by atoms with van der Waals surface area (Å²) in [4.78, 5) is 11.5. The monoisotopic (exact) mass is 242 g/mol. The van der Waals surface area contributed by atoms with Gasteiger partial charge < -0.3 is 15.7 Å². The first kappa shape index (κ1) is 13.0. The van der Waals surface area contributed by atoms with E-state index in [2.05, 4.69) is 10.6 Å². The number of hydrogen-bond donors (Lipinski definition) is 3. The second kappa shape index (κ2) is 6.48. The Balaban J connectivity index is 2.53. The molecule has 0 heterocycles. The van der Waals surface area contributed by atoms with E-state index >= 15 is 0 Å². The molecule has 1 rings (SSSR count). The van der Waals surface area contributed by atoms with E-state index < -0.39 is 0 Å². The van der Waals surface area contributed by atoms with Gasteiger partial charge in [0, 0.05) is 17.3 Å². The average molecular weight is 243 g/mol. The van der Waals surface area contributed by atoms with Gasteiger partial charge in [-0.1, -0.05) is 17.7 Å². The highest BCUT2D eigenvalue weighted by atomic mass is 35.5. The molecule has 0 saturated carbocycles. The molecule has 0 fully saturated rings. The highest BCUT2D eigenvalue weighted by Crippen LogP contribution is 2.22. The van der Waals surface area contributed by atoms with Crippen LogP contribution in [0.5, 0.6) is 0 Å². The molecule has 88 valence electrons. The van der Waals surface area contributed by atoms with Crippen LogP contribution in [0.3, 0.4) is 0 Å². The van der Waals surface area contributed by atoms with E-state index in [0.29, 0.717) is 17.3 Å². The molecule has 0 aliphatic heterocycles. The smallest absolute Gasteiger partial charge is 0.238 e. The van der Waals surface area contributed by atoms with Crippen LogP contribution in [0.1, 0.15) is 5.56 Å². The molecule has 0 radical (unpaired) electrons. The standard InChI is InChI=1S/C11H15ClN2O2/c1-8-9(12)3-2-4-10(8)14-11(16)7-13-5-6-15/h2-4,13,15H,5-7H2,1H3,(H,14,16). The van der Waals surface area contributed by atoms with Gasteiger partial charge in [-0.05, 0) is 24.6 Å². The molecule has 0 spiro atoms. The molecule has 1 aromatic carbocycles. The average Bonchev–Trinajstić information content (AvgIpc) is 2.25. The van der Waals surface area contributed by atoms with Crippen molar-refractivity contribution in [2.45, 2.75) is 6.92 Å². The Morgan fingerprint density at radius 1 is 1.50 bits per heavy atom. The van der Waals surface area contributed by atoms with Gasteiger partial charge in [0.15, 0.2) is 0 Å². The number of rotatable bonds is 5. The lowest BCUT2D eigenvalue weighted by Gasteiger charge is -2.09. The Hall–Kier alpha value is -1.10. The molecule has 1 amide bonds. The molecule has 0 saturated heterocycles. The third-order valence-corrected chi connectivity index (χ3v) is 2.53. The van der Waals surface area contributed by atoms with Crippen LogP contribution in [-0.2, 0) is 4.79 Å². The van der Waals surface area contributed by atoms with Gasteiger partial charge in [0.05, 0.1) is 13.2 Å². The molecule has 5 heteroatoms. The van der Waals surface area contributed by atoms with Crippen LogP contribution >= 0.6 is 11.6 Å². The van der Waals surface area contributed by atoms with Gasteiger partial charge in [0.25, 0.3) is 0 Å². The molecular formula is C11H15ClN2O2. The predicted molar refractivity (Wildman–Crippen MR) is 64.8 cm³/mol. The summed E-state index contributed by atoms with van der Waals surface area (Å²) >= 11 is 5.92. The Labute approximate surface area is 99.6 Å². The first-order chi connectivity index (χ1) is 7.65. The molecule has 0 atom stereocenters. The summed E-state index contributed by atoms with van der Waals surface area (Å²) in [6.07, 6.45) is 0. The first-order valence-corrected chi connectivity index (χ1v) is 5.39. The topological polar surface area (TPSA) is 61.4 Å². The van der Waals surface area contributed by atoms with Crippen molar-refractivity contribution in [2.75, 3.05) is 25.0 Å². The van der Waals surface area contributed by atoms with Crippen LogP contribution in [0.15, 0.2) is 18.2 Å². The summed E-state index contributed by atoms with van der Waals surface area (Å²) in [5, 5.41) is 14.7. The molecule has 16 heavy (non-hydrogen) atoms. The Kier molecular flexibility index (Phi) is 5.25. The van der Waals surface area contributed by atoms with E-state index in [-0.39, 0.29) is 19.1 Å². The number of benzene rings is 1. The maximum atomic E-state index is 11.5. The van der Waals surface area contributed by atoms with E-state index in [1.807, 2.05) is 6.92 Å². The summed E-state index contributed by atoms with van der Waals surface area (Å²) in [6.45, 7) is 2.44. The molecular weight excluding hydrogens is 228 g/mol. The van der Waals surface area contributed by atoms with Gasteiger partial charge in [-0.3, -0.25) is 4.79 Å².